The van der Waals surface area contributed by atoms with Gasteiger partial charge in [0.05, 0.1) is 13.2 Å². The maximum atomic E-state index is 11.5. The number of carbonyl (C=O) groups excluding carboxylic acids is 1. The van der Waals surface area contributed by atoms with E-state index in [4.69, 9.17) is 9.84 Å². The number of carbonyl (C=O) groups is 2. The molecule has 0 aliphatic heterocycles. The van der Waals surface area contributed by atoms with Crippen LogP contribution in [0.5, 0.6) is 0 Å². The van der Waals surface area contributed by atoms with Crippen LogP contribution >= 0.6 is 0 Å². The largest absolute Gasteiger partial charge is 0.481 e. The Kier molecular flexibility index (Phi) is 11.6. The number of ether oxygens (including phenoxy) is 1. The minimum Gasteiger partial charge on any atom is -0.481 e. The topological polar surface area (TPSA) is 90.9 Å². The highest BCUT2D eigenvalue weighted by Gasteiger charge is 2.06. The minimum atomic E-state index is -0.776. The maximum Gasteiger partial charge on any atom is 0.314 e. The van der Waals surface area contributed by atoms with Crippen LogP contribution in [0.2, 0.25) is 0 Å². The molecule has 1 unspecified atom stereocenters. The summed E-state index contributed by atoms with van der Waals surface area (Å²) >= 11 is 0. The fraction of sp³-hybridized carbons (Fsp3) is 0.857. The Morgan fingerprint density at radius 1 is 1.14 bits per heavy atom. The van der Waals surface area contributed by atoms with Gasteiger partial charge in [-0.3, -0.25) is 4.79 Å². The van der Waals surface area contributed by atoms with Crippen molar-refractivity contribution in [3.05, 3.63) is 0 Å². The highest BCUT2D eigenvalue weighted by Crippen LogP contribution is 2.08. The van der Waals surface area contributed by atoms with Crippen LogP contribution in [0.25, 0.3) is 0 Å². The zero-order valence-corrected chi connectivity index (χ0v) is 13.4. The highest BCUT2D eigenvalue weighted by atomic mass is 16.5. The summed E-state index contributed by atoms with van der Waals surface area (Å²) in [6.07, 6.45) is 1.59. The van der Waals surface area contributed by atoms with E-state index in [1.165, 1.54) is 0 Å². The first-order valence-electron chi connectivity index (χ1n) is 7.37. The summed E-state index contributed by atoms with van der Waals surface area (Å²) in [4.78, 5) is 23.9. The number of amides is 2. The SMILES string of the molecule is CC(CCNC(=O)NCCOCCN(C)C)CCC(=O)O. The number of hydrogen-bond donors (Lipinski definition) is 3. The van der Waals surface area contributed by atoms with E-state index >= 15 is 0 Å². The van der Waals surface area contributed by atoms with Crippen molar-refractivity contribution >= 4 is 12.0 Å². The molecule has 2 amide bonds. The Balaban J connectivity index is 3.40. The molecule has 124 valence electrons. The fourth-order valence-corrected chi connectivity index (χ4v) is 1.59. The van der Waals surface area contributed by atoms with Crippen molar-refractivity contribution in [2.45, 2.75) is 26.2 Å². The molecule has 0 saturated heterocycles. The quantitative estimate of drug-likeness (QED) is 0.463. The Morgan fingerprint density at radius 2 is 1.81 bits per heavy atom. The van der Waals surface area contributed by atoms with E-state index in [0.29, 0.717) is 32.7 Å². The molecule has 0 aliphatic rings. The van der Waals surface area contributed by atoms with E-state index in [9.17, 15) is 9.59 Å². The van der Waals surface area contributed by atoms with Gasteiger partial charge in [0.1, 0.15) is 0 Å². The molecule has 0 spiro atoms. The monoisotopic (exact) mass is 303 g/mol. The average molecular weight is 303 g/mol. The maximum absolute atomic E-state index is 11.5. The lowest BCUT2D eigenvalue weighted by atomic mass is 10.0. The lowest BCUT2D eigenvalue weighted by Crippen LogP contribution is -2.38. The summed E-state index contributed by atoms with van der Waals surface area (Å²) in [5.74, 6) is -0.488. The molecule has 3 N–H and O–H groups in total. The third kappa shape index (κ3) is 14.9. The lowest BCUT2D eigenvalue weighted by Gasteiger charge is -2.12. The molecule has 0 rings (SSSR count). The van der Waals surface area contributed by atoms with Crippen LogP contribution in [0.15, 0.2) is 0 Å². The number of aliphatic carboxylic acids is 1. The molecule has 0 aromatic carbocycles. The predicted molar refractivity (Wildman–Crippen MR) is 81.4 cm³/mol. The van der Waals surface area contributed by atoms with E-state index in [1.807, 2.05) is 25.9 Å². The molecule has 0 saturated carbocycles. The van der Waals surface area contributed by atoms with Crippen molar-refractivity contribution in [3.63, 3.8) is 0 Å². The minimum absolute atomic E-state index is 0.178. The van der Waals surface area contributed by atoms with Crippen molar-refractivity contribution in [2.75, 3.05) is 46.9 Å². The molecule has 0 aromatic rings. The zero-order valence-electron chi connectivity index (χ0n) is 13.4. The van der Waals surface area contributed by atoms with Gasteiger partial charge in [-0.05, 0) is 32.9 Å². The standard InChI is InChI=1S/C14H29N3O4/c1-12(4-5-13(18)19)6-7-15-14(20)16-8-10-21-11-9-17(2)3/h12H,4-11H2,1-3H3,(H,18,19)(H2,15,16,20). The third-order valence-corrected chi connectivity index (χ3v) is 2.99. The molecule has 21 heavy (non-hydrogen) atoms. The van der Waals surface area contributed by atoms with Gasteiger partial charge in [-0.1, -0.05) is 6.92 Å². The number of nitrogens with one attached hydrogen (secondary N) is 2. The average Bonchev–Trinajstić information content (AvgIpc) is 2.40. The Hall–Kier alpha value is -1.34. The van der Waals surface area contributed by atoms with Gasteiger partial charge in [0.15, 0.2) is 0 Å². The molecule has 0 heterocycles. The van der Waals surface area contributed by atoms with Crippen molar-refractivity contribution in [1.82, 2.24) is 15.5 Å². The summed E-state index contributed by atoms with van der Waals surface area (Å²) in [6, 6.07) is -0.211. The van der Waals surface area contributed by atoms with E-state index < -0.39 is 5.97 Å². The summed E-state index contributed by atoms with van der Waals surface area (Å²) in [5, 5.41) is 14.0. The number of carboxylic acids is 1. The summed E-state index contributed by atoms with van der Waals surface area (Å²) in [5.41, 5.74) is 0. The lowest BCUT2D eigenvalue weighted by molar-refractivity contribution is -0.137. The van der Waals surface area contributed by atoms with Gasteiger partial charge in [0, 0.05) is 26.1 Å². The molecular weight excluding hydrogens is 274 g/mol. The normalized spacial score (nSPS) is 12.2. The second kappa shape index (κ2) is 12.4. The third-order valence-electron chi connectivity index (χ3n) is 2.99. The van der Waals surface area contributed by atoms with Crippen LogP contribution in [0, 0.1) is 5.92 Å². The van der Waals surface area contributed by atoms with Crippen LogP contribution < -0.4 is 10.6 Å². The second-order valence-corrected chi connectivity index (χ2v) is 5.42. The number of urea groups is 1. The van der Waals surface area contributed by atoms with Crippen LogP contribution in [0.3, 0.4) is 0 Å². The number of nitrogens with zero attached hydrogens (tertiary/aromatic N) is 1. The number of rotatable bonds is 12. The molecule has 0 aromatic heterocycles. The predicted octanol–water partition coefficient (Wildman–Crippen LogP) is 0.755. The first-order valence-corrected chi connectivity index (χ1v) is 7.37. The molecular formula is C14H29N3O4. The number of likely N-dealkylation sites (N-methyl/N-ethyl adjacent to an activating group) is 1. The van der Waals surface area contributed by atoms with Gasteiger partial charge in [-0.15, -0.1) is 0 Å². The number of hydrogen-bond acceptors (Lipinski definition) is 4. The van der Waals surface area contributed by atoms with Crippen molar-refractivity contribution in [1.29, 1.82) is 0 Å². The van der Waals surface area contributed by atoms with Gasteiger partial charge in [0.25, 0.3) is 0 Å². The number of carboxylic acid groups (broad SMARTS) is 1. The molecule has 0 fully saturated rings. The van der Waals surface area contributed by atoms with E-state index in [2.05, 4.69) is 10.6 Å². The second-order valence-electron chi connectivity index (χ2n) is 5.42. The zero-order chi connectivity index (χ0) is 16.1. The Labute approximate surface area is 127 Å². The summed E-state index contributed by atoms with van der Waals surface area (Å²) < 4.78 is 5.35. The first kappa shape index (κ1) is 19.7. The van der Waals surface area contributed by atoms with Crippen molar-refractivity contribution in [2.24, 2.45) is 5.92 Å². The molecule has 0 bridgehead atoms. The molecule has 0 radical (unpaired) electrons. The van der Waals surface area contributed by atoms with Gasteiger partial charge in [-0.2, -0.15) is 0 Å². The van der Waals surface area contributed by atoms with Crippen LogP contribution in [-0.2, 0) is 9.53 Å². The summed E-state index contributed by atoms with van der Waals surface area (Å²) in [7, 11) is 3.96. The molecule has 7 heteroatoms. The fourth-order valence-electron chi connectivity index (χ4n) is 1.59. The van der Waals surface area contributed by atoms with Gasteiger partial charge in [-0.25, -0.2) is 4.79 Å². The van der Waals surface area contributed by atoms with Gasteiger partial charge in [0.2, 0.25) is 0 Å². The Morgan fingerprint density at radius 3 is 2.43 bits per heavy atom. The van der Waals surface area contributed by atoms with Crippen LogP contribution in [0.4, 0.5) is 4.79 Å². The first-order chi connectivity index (χ1) is 9.91. The van der Waals surface area contributed by atoms with Crippen molar-refractivity contribution in [3.8, 4) is 0 Å². The van der Waals surface area contributed by atoms with E-state index in [1.54, 1.807) is 0 Å². The molecule has 0 aliphatic carbocycles. The van der Waals surface area contributed by atoms with E-state index in [0.717, 1.165) is 13.0 Å². The summed E-state index contributed by atoms with van der Waals surface area (Å²) in [6.45, 7) is 5.02. The smallest absolute Gasteiger partial charge is 0.314 e. The van der Waals surface area contributed by atoms with Crippen molar-refractivity contribution < 1.29 is 19.4 Å². The van der Waals surface area contributed by atoms with E-state index in [-0.39, 0.29) is 18.4 Å². The van der Waals surface area contributed by atoms with Crippen LogP contribution in [-0.4, -0.2) is 69.0 Å². The van der Waals surface area contributed by atoms with Gasteiger partial charge < -0.3 is 25.4 Å². The Bertz CT molecular complexity index is 298. The van der Waals surface area contributed by atoms with Gasteiger partial charge >= 0.3 is 12.0 Å². The molecule has 1 atom stereocenters. The van der Waals surface area contributed by atoms with Crippen LogP contribution in [0.1, 0.15) is 26.2 Å². The molecule has 7 nitrogen and oxygen atoms in total. The highest BCUT2D eigenvalue weighted by molar-refractivity contribution is 5.73.